The molecule has 30 heavy (non-hydrogen) atoms. The van der Waals surface area contributed by atoms with Crippen molar-refractivity contribution in [2.45, 2.75) is 135 Å². The summed E-state index contributed by atoms with van der Waals surface area (Å²) in [5.41, 5.74) is 0. The minimum absolute atomic E-state index is 0.0103. The highest BCUT2D eigenvalue weighted by Crippen LogP contribution is 2.27. The zero-order valence-electron chi connectivity index (χ0n) is 19.2. The van der Waals surface area contributed by atoms with E-state index in [0.29, 0.717) is 0 Å². The molecule has 0 aromatic rings. The van der Waals surface area contributed by atoms with Gasteiger partial charge in [0.15, 0.2) is 0 Å². The number of hydrogen-bond acceptors (Lipinski definition) is 2. The Morgan fingerprint density at radius 1 is 0.733 bits per heavy atom. The highest BCUT2D eigenvalue weighted by atomic mass is 35.8. The minimum Gasteiger partial charge on any atom is -0.460 e. The van der Waals surface area contributed by atoms with Crippen LogP contribution in [0.1, 0.15) is 122 Å². The van der Waals surface area contributed by atoms with Crippen LogP contribution in [0, 0.1) is 0 Å². The van der Waals surface area contributed by atoms with Crippen molar-refractivity contribution in [1.82, 2.24) is 0 Å². The molecule has 2 nitrogen and oxygen atoms in total. The summed E-state index contributed by atoms with van der Waals surface area (Å²) < 4.78 is 5.17. The van der Waals surface area contributed by atoms with Crippen molar-refractivity contribution in [2.75, 3.05) is 0 Å². The maximum absolute atomic E-state index is 11.1. The van der Waals surface area contributed by atoms with Gasteiger partial charge in [-0.15, -0.1) is 33.2 Å². The second-order valence-corrected chi connectivity index (χ2v) is 17.9. The van der Waals surface area contributed by atoms with E-state index >= 15 is 0 Å². The predicted molar refractivity (Wildman–Crippen MR) is 137 cm³/mol. The van der Waals surface area contributed by atoms with E-state index in [9.17, 15) is 4.79 Å². The van der Waals surface area contributed by atoms with Gasteiger partial charge in [0.05, 0.1) is 6.10 Å². The Kier molecular flexibility index (Phi) is 21.4. The smallest absolute Gasteiger partial charge is 0.341 e. The average molecular weight is 500 g/mol. The molecule has 0 aliphatic heterocycles. The van der Waals surface area contributed by atoms with Crippen molar-refractivity contribution < 1.29 is 9.53 Å². The van der Waals surface area contributed by atoms with E-state index in [1.807, 2.05) is 6.92 Å². The number of rotatable bonds is 22. The summed E-state index contributed by atoms with van der Waals surface area (Å²) in [5.74, 6) is -0.311. The Hall–Kier alpha value is 0.297. The largest absolute Gasteiger partial charge is 0.460 e. The predicted octanol–water partition coefficient (Wildman–Crippen LogP) is 9.78. The van der Waals surface area contributed by atoms with E-state index in [1.165, 1.54) is 102 Å². The van der Waals surface area contributed by atoms with Gasteiger partial charge in [0.1, 0.15) is 0 Å². The van der Waals surface area contributed by atoms with Gasteiger partial charge in [-0.25, -0.2) is 4.79 Å². The third-order valence-corrected chi connectivity index (χ3v) is 8.18. The van der Waals surface area contributed by atoms with Crippen molar-refractivity contribution >= 4 is 45.2 Å². The molecule has 1 atom stereocenters. The number of carbonyl (C=O) groups excluding carboxylic acids is 1. The van der Waals surface area contributed by atoms with Crippen LogP contribution in [-0.4, -0.2) is 18.1 Å². The molecule has 0 rings (SSSR count). The zero-order chi connectivity index (χ0) is 22.5. The van der Waals surface area contributed by atoms with Crippen molar-refractivity contribution in [3.8, 4) is 0 Å². The van der Waals surface area contributed by atoms with Crippen LogP contribution in [0.15, 0.2) is 12.7 Å². The molecule has 0 bridgehead atoms. The molecule has 0 N–H and O–H groups in total. The number of halogens is 3. The van der Waals surface area contributed by atoms with Crippen LogP contribution < -0.4 is 0 Å². The molecule has 0 radical (unpaired) electrons. The molecular formula is C24H45Cl3O2Si. The van der Waals surface area contributed by atoms with Gasteiger partial charge < -0.3 is 4.74 Å². The zero-order valence-corrected chi connectivity index (χ0v) is 22.5. The van der Waals surface area contributed by atoms with Crippen LogP contribution >= 0.6 is 33.2 Å². The van der Waals surface area contributed by atoms with Gasteiger partial charge in [0, 0.05) is 6.08 Å². The Balaban J connectivity index is 3.15. The summed E-state index contributed by atoms with van der Waals surface area (Å²) in [7, 11) is 0. The average Bonchev–Trinajstić information content (AvgIpc) is 2.68. The Morgan fingerprint density at radius 2 is 1.07 bits per heavy atom. The summed E-state index contributed by atoms with van der Waals surface area (Å²) in [6, 6.07) is -1.57. The first-order chi connectivity index (χ1) is 14.3. The Bertz CT molecular complexity index is 414. The van der Waals surface area contributed by atoms with Crippen LogP contribution in [0.3, 0.4) is 0 Å². The van der Waals surface area contributed by atoms with Gasteiger partial charge in [-0.3, -0.25) is 0 Å². The van der Waals surface area contributed by atoms with Gasteiger partial charge in [0.25, 0.3) is 0 Å². The molecular weight excluding hydrogens is 455 g/mol. The molecule has 178 valence electrons. The van der Waals surface area contributed by atoms with Crippen molar-refractivity contribution in [3.63, 3.8) is 0 Å². The molecule has 0 aliphatic rings. The number of hydrogen-bond donors (Lipinski definition) is 0. The van der Waals surface area contributed by atoms with Gasteiger partial charge in [-0.1, -0.05) is 109 Å². The lowest BCUT2D eigenvalue weighted by atomic mass is 10.0. The SMILES string of the molecule is C=CC(=O)OC(C)CCCCCCCCCCCCCCCCCCC[Si](Cl)(Cl)Cl. The second-order valence-electron chi connectivity index (χ2n) is 8.62. The number of esters is 1. The molecule has 0 saturated carbocycles. The van der Waals surface area contributed by atoms with E-state index in [4.69, 9.17) is 38.0 Å². The number of ether oxygens (including phenoxy) is 1. The number of carbonyl (C=O) groups is 1. The Labute approximate surface area is 201 Å². The molecule has 0 saturated heterocycles. The van der Waals surface area contributed by atoms with Gasteiger partial charge >= 0.3 is 12.0 Å². The van der Waals surface area contributed by atoms with E-state index < -0.39 is 6.00 Å². The molecule has 0 heterocycles. The van der Waals surface area contributed by atoms with Crippen molar-refractivity contribution in [2.24, 2.45) is 0 Å². The summed E-state index contributed by atoms with van der Waals surface area (Å²) in [4.78, 5) is 11.1. The standard InChI is InChI=1S/C24H45Cl3O2Si/c1-3-24(28)29-23(2)21-19-17-15-13-11-9-7-5-4-6-8-10-12-14-16-18-20-22-30(25,26)27/h3,23H,1,4-22H2,2H3. The van der Waals surface area contributed by atoms with E-state index in [1.54, 1.807) is 0 Å². The molecule has 0 aliphatic carbocycles. The number of unbranched alkanes of at least 4 members (excludes halogenated alkanes) is 16. The van der Waals surface area contributed by atoms with Crippen molar-refractivity contribution in [3.05, 3.63) is 12.7 Å². The van der Waals surface area contributed by atoms with Gasteiger partial charge in [0.2, 0.25) is 0 Å². The quantitative estimate of drug-likeness (QED) is 0.0487. The molecule has 0 aromatic heterocycles. The molecule has 0 spiro atoms. The third kappa shape index (κ3) is 24.6. The van der Waals surface area contributed by atoms with Crippen LogP contribution in [0.2, 0.25) is 6.04 Å². The molecule has 0 fully saturated rings. The van der Waals surface area contributed by atoms with E-state index in [0.717, 1.165) is 25.3 Å². The monoisotopic (exact) mass is 498 g/mol. The molecule has 0 aromatic carbocycles. The lowest BCUT2D eigenvalue weighted by Gasteiger charge is -2.11. The topological polar surface area (TPSA) is 26.3 Å². The van der Waals surface area contributed by atoms with E-state index in [2.05, 4.69) is 6.58 Å². The fourth-order valence-electron chi connectivity index (χ4n) is 3.71. The van der Waals surface area contributed by atoms with Gasteiger partial charge in [-0.2, -0.15) is 0 Å². The van der Waals surface area contributed by atoms with Crippen molar-refractivity contribution in [1.29, 1.82) is 0 Å². The van der Waals surface area contributed by atoms with E-state index in [-0.39, 0.29) is 12.1 Å². The lowest BCUT2D eigenvalue weighted by molar-refractivity contribution is -0.142. The molecule has 6 heteroatoms. The maximum Gasteiger partial charge on any atom is 0.341 e. The van der Waals surface area contributed by atoms with Crippen LogP contribution in [0.5, 0.6) is 0 Å². The third-order valence-electron chi connectivity index (χ3n) is 5.55. The normalized spacial score (nSPS) is 12.7. The summed E-state index contributed by atoms with van der Waals surface area (Å²) in [6.07, 6.45) is 24.6. The molecule has 0 amide bonds. The molecule has 1 unspecified atom stereocenters. The lowest BCUT2D eigenvalue weighted by Crippen LogP contribution is -2.12. The maximum atomic E-state index is 11.1. The second kappa shape index (κ2) is 21.2. The van der Waals surface area contributed by atoms with Crippen LogP contribution in [0.4, 0.5) is 0 Å². The van der Waals surface area contributed by atoms with Gasteiger partial charge in [-0.05, 0) is 25.8 Å². The first-order valence-corrected chi connectivity index (χ1v) is 17.5. The Morgan fingerprint density at radius 3 is 1.40 bits per heavy atom. The summed E-state index contributed by atoms with van der Waals surface area (Å²) in [6.45, 7) is 5.38. The highest BCUT2D eigenvalue weighted by Gasteiger charge is 2.23. The minimum atomic E-state index is -2.38. The fraction of sp³-hybridized carbons (Fsp3) is 0.875. The summed E-state index contributed by atoms with van der Waals surface area (Å²) >= 11 is 17.7. The van der Waals surface area contributed by atoms with Crippen LogP contribution in [-0.2, 0) is 9.53 Å². The first kappa shape index (κ1) is 30.3. The summed E-state index contributed by atoms with van der Waals surface area (Å²) in [5, 5.41) is 0. The fourth-order valence-corrected chi connectivity index (χ4v) is 5.57. The first-order valence-electron chi connectivity index (χ1n) is 12.2. The highest BCUT2D eigenvalue weighted by molar-refractivity contribution is 7.64. The van der Waals surface area contributed by atoms with Crippen LogP contribution in [0.25, 0.3) is 0 Å².